The quantitative estimate of drug-likeness (QED) is 0.428. The van der Waals surface area contributed by atoms with Gasteiger partial charge in [0.1, 0.15) is 25.2 Å². The molecule has 2 N–H and O–H groups in total. The third kappa shape index (κ3) is 8.71. The molecule has 0 bridgehead atoms. The van der Waals surface area contributed by atoms with Crippen molar-refractivity contribution in [3.63, 3.8) is 0 Å². The predicted molar refractivity (Wildman–Crippen MR) is 114 cm³/mol. The lowest BCUT2D eigenvalue weighted by atomic mass is 10.1. The van der Waals surface area contributed by atoms with Crippen LogP contribution in [0.5, 0.6) is 5.75 Å². The average molecular weight is 380 g/mol. The normalized spacial score (nSPS) is 13.1. The van der Waals surface area contributed by atoms with E-state index in [1.807, 2.05) is 79.8 Å². The van der Waals surface area contributed by atoms with Crippen LogP contribution in [0.3, 0.4) is 0 Å². The number of rotatable bonds is 12. The van der Waals surface area contributed by atoms with Crippen molar-refractivity contribution in [3.8, 4) is 5.75 Å². The number of aliphatic hydroxyl groups excluding tert-OH is 1. The molecule has 4 heteroatoms. The first-order chi connectivity index (χ1) is 13.8. The molecule has 4 nitrogen and oxygen atoms in total. The van der Waals surface area contributed by atoms with Crippen molar-refractivity contribution < 1.29 is 14.6 Å². The van der Waals surface area contributed by atoms with Crippen LogP contribution in [-0.4, -0.2) is 31.2 Å². The number of hydrogen-bond acceptors (Lipinski definition) is 4. The zero-order valence-electron chi connectivity index (χ0n) is 16.3. The summed E-state index contributed by atoms with van der Waals surface area (Å²) < 4.78 is 11.3. The number of benzene rings is 2. The van der Waals surface area contributed by atoms with Gasteiger partial charge >= 0.3 is 0 Å². The molecule has 2 rings (SSSR count). The number of aliphatic hydroxyl groups is 1. The third-order valence-corrected chi connectivity index (χ3v) is 3.93. The summed E-state index contributed by atoms with van der Waals surface area (Å²) >= 11 is 0. The minimum atomic E-state index is -0.395. The number of hydrogen-bond donors (Lipinski definition) is 2. The maximum Gasteiger partial charge on any atom is 0.119 e. The zero-order chi connectivity index (χ0) is 19.9. The fourth-order valence-electron chi connectivity index (χ4n) is 2.45. The van der Waals surface area contributed by atoms with Gasteiger partial charge in [0.2, 0.25) is 0 Å². The van der Waals surface area contributed by atoms with Gasteiger partial charge in [-0.2, -0.15) is 0 Å². The van der Waals surface area contributed by atoms with Crippen LogP contribution in [-0.2, 0) is 11.2 Å². The van der Waals surface area contributed by atoms with Gasteiger partial charge in [-0.1, -0.05) is 66.8 Å². The highest BCUT2D eigenvalue weighted by Crippen LogP contribution is 2.09. The monoisotopic (exact) mass is 379 g/mol. The van der Waals surface area contributed by atoms with Crippen molar-refractivity contribution in [2.24, 2.45) is 0 Å². The first-order valence-electron chi connectivity index (χ1n) is 9.49. The maximum atomic E-state index is 9.48. The summed E-state index contributed by atoms with van der Waals surface area (Å²) in [5.74, 6) is 0.760. The van der Waals surface area contributed by atoms with Gasteiger partial charge in [-0.25, -0.2) is 0 Å². The van der Waals surface area contributed by atoms with Crippen LogP contribution in [0.25, 0.3) is 0 Å². The van der Waals surface area contributed by atoms with Crippen molar-refractivity contribution in [2.45, 2.75) is 19.4 Å². The van der Waals surface area contributed by atoms with Crippen LogP contribution in [0.15, 0.2) is 96.7 Å². The molecule has 1 atom stereocenters. The van der Waals surface area contributed by atoms with Crippen LogP contribution in [0.2, 0.25) is 0 Å². The average Bonchev–Trinajstić information content (AvgIpc) is 2.75. The molecule has 0 heterocycles. The number of allylic oxidation sites excluding steroid dienone is 5. The molecule has 148 valence electrons. The number of nitrogens with one attached hydrogen (secondary N) is 1. The van der Waals surface area contributed by atoms with E-state index < -0.39 is 6.10 Å². The van der Waals surface area contributed by atoms with Gasteiger partial charge < -0.3 is 19.9 Å². The van der Waals surface area contributed by atoms with Crippen molar-refractivity contribution in [2.75, 3.05) is 19.9 Å². The van der Waals surface area contributed by atoms with Crippen LogP contribution in [0.1, 0.15) is 12.5 Å². The van der Waals surface area contributed by atoms with Gasteiger partial charge in [-0.05, 0) is 43.2 Å². The summed E-state index contributed by atoms with van der Waals surface area (Å²) in [6.45, 7) is 2.44. The zero-order valence-corrected chi connectivity index (χ0v) is 16.3. The standard InChI is InChI=1S/C24H29NO3/c1-2-11-22(15-10-9-14-21-12-5-3-6-13-21)25-20-28-24(18-26)19-27-23-16-7-4-8-17-23/h2-13,15-17,24-26H,14,18-20H2,1H3/b10-9?,11-2-,22-15+. The molecular formula is C24H29NO3. The van der Waals surface area contributed by atoms with Gasteiger partial charge in [-0.3, -0.25) is 0 Å². The Bertz CT molecular complexity index is 739. The van der Waals surface area contributed by atoms with Crippen molar-refractivity contribution in [3.05, 3.63) is 102 Å². The second-order valence-electron chi connectivity index (χ2n) is 6.16. The molecule has 0 aliphatic carbocycles. The van der Waals surface area contributed by atoms with E-state index in [1.54, 1.807) is 0 Å². The minimum Gasteiger partial charge on any atom is -0.491 e. The molecule has 2 aromatic rings. The molecule has 0 spiro atoms. The third-order valence-electron chi connectivity index (χ3n) is 3.93. The van der Waals surface area contributed by atoms with Crippen LogP contribution >= 0.6 is 0 Å². The lowest BCUT2D eigenvalue weighted by Gasteiger charge is -2.17. The molecular weight excluding hydrogens is 350 g/mol. The van der Waals surface area contributed by atoms with Crippen LogP contribution < -0.4 is 10.1 Å². The number of para-hydroxylation sites is 1. The van der Waals surface area contributed by atoms with Gasteiger partial charge in [0.25, 0.3) is 0 Å². The van der Waals surface area contributed by atoms with E-state index >= 15 is 0 Å². The first kappa shape index (κ1) is 21.5. The largest absolute Gasteiger partial charge is 0.491 e. The Kier molecular flexibility index (Phi) is 10.3. The highest BCUT2D eigenvalue weighted by atomic mass is 16.5. The SMILES string of the molecule is C/C=C\C(=C/C=CCc1ccccc1)NCOC(CO)COc1ccccc1. The summed E-state index contributed by atoms with van der Waals surface area (Å²) in [5, 5.41) is 12.7. The van der Waals surface area contributed by atoms with Gasteiger partial charge in [0.15, 0.2) is 0 Å². The Hall–Kier alpha value is -2.82. The highest BCUT2D eigenvalue weighted by Gasteiger charge is 2.08. The Balaban J connectivity index is 1.76. The predicted octanol–water partition coefficient (Wildman–Crippen LogP) is 4.25. The summed E-state index contributed by atoms with van der Waals surface area (Å²) in [5.41, 5.74) is 2.22. The summed E-state index contributed by atoms with van der Waals surface area (Å²) in [7, 11) is 0. The second kappa shape index (κ2) is 13.4. The molecule has 0 saturated heterocycles. The second-order valence-corrected chi connectivity index (χ2v) is 6.16. The molecule has 28 heavy (non-hydrogen) atoms. The fraction of sp³-hybridized carbons (Fsp3) is 0.250. The van der Waals surface area contributed by atoms with Crippen molar-refractivity contribution in [1.82, 2.24) is 5.32 Å². The van der Waals surface area contributed by atoms with E-state index in [9.17, 15) is 5.11 Å². The summed E-state index contributed by atoms with van der Waals surface area (Å²) in [6.07, 6.45) is 10.6. The van der Waals surface area contributed by atoms with Gasteiger partial charge in [-0.15, -0.1) is 0 Å². The molecule has 0 radical (unpaired) electrons. The summed E-state index contributed by atoms with van der Waals surface area (Å²) in [6, 6.07) is 19.8. The fourth-order valence-corrected chi connectivity index (χ4v) is 2.45. The van der Waals surface area contributed by atoms with Gasteiger partial charge in [0.05, 0.1) is 6.61 Å². The van der Waals surface area contributed by atoms with E-state index in [0.29, 0.717) is 6.61 Å². The van der Waals surface area contributed by atoms with E-state index in [1.165, 1.54) is 5.56 Å². The lowest BCUT2D eigenvalue weighted by molar-refractivity contribution is -0.0183. The summed E-state index contributed by atoms with van der Waals surface area (Å²) in [4.78, 5) is 0. The van der Waals surface area contributed by atoms with Crippen LogP contribution in [0, 0.1) is 0 Å². The van der Waals surface area contributed by atoms with Crippen molar-refractivity contribution in [1.29, 1.82) is 0 Å². The topological polar surface area (TPSA) is 50.7 Å². The van der Waals surface area contributed by atoms with Crippen LogP contribution in [0.4, 0.5) is 0 Å². The molecule has 0 fully saturated rings. The van der Waals surface area contributed by atoms with Crippen molar-refractivity contribution >= 4 is 0 Å². The molecule has 1 unspecified atom stereocenters. The lowest BCUT2D eigenvalue weighted by Crippen LogP contribution is -2.30. The Morgan fingerprint density at radius 1 is 1.07 bits per heavy atom. The Morgan fingerprint density at radius 2 is 1.79 bits per heavy atom. The Morgan fingerprint density at radius 3 is 2.46 bits per heavy atom. The maximum absolute atomic E-state index is 9.48. The molecule has 0 aromatic heterocycles. The smallest absolute Gasteiger partial charge is 0.119 e. The number of ether oxygens (including phenoxy) is 2. The van der Waals surface area contributed by atoms with E-state index in [2.05, 4.69) is 23.5 Å². The molecule has 0 amide bonds. The Labute approximate surface area is 167 Å². The molecule has 0 aliphatic rings. The first-order valence-corrected chi connectivity index (χ1v) is 9.49. The van der Waals surface area contributed by atoms with Gasteiger partial charge in [0, 0.05) is 5.70 Å². The highest BCUT2D eigenvalue weighted by molar-refractivity contribution is 5.24. The molecule has 0 saturated carbocycles. The van der Waals surface area contributed by atoms with E-state index in [4.69, 9.17) is 9.47 Å². The molecule has 2 aromatic carbocycles. The molecule has 0 aliphatic heterocycles. The van der Waals surface area contributed by atoms with E-state index in [0.717, 1.165) is 17.9 Å². The minimum absolute atomic E-state index is 0.103. The van der Waals surface area contributed by atoms with E-state index in [-0.39, 0.29) is 13.3 Å².